The van der Waals surface area contributed by atoms with Gasteiger partial charge in [0.2, 0.25) is 10.0 Å². The lowest BCUT2D eigenvalue weighted by molar-refractivity contribution is 0.176. The molecule has 0 spiro atoms. The minimum Gasteiger partial charge on any atom is -0.493 e. The average Bonchev–Trinajstić information content (AvgIpc) is 3.17. The highest BCUT2D eigenvalue weighted by Crippen LogP contribution is 2.28. The Labute approximate surface area is 154 Å². The molecule has 1 atom stereocenters. The zero-order valence-electron chi connectivity index (χ0n) is 15.2. The van der Waals surface area contributed by atoms with Crippen LogP contribution in [0.2, 0.25) is 0 Å². The van der Waals surface area contributed by atoms with Crippen LogP contribution in [0.5, 0.6) is 11.5 Å². The number of sulfonamides is 1. The quantitative estimate of drug-likeness (QED) is 0.738. The maximum absolute atomic E-state index is 12.8. The van der Waals surface area contributed by atoms with Crippen molar-refractivity contribution in [3.8, 4) is 11.5 Å². The van der Waals surface area contributed by atoms with E-state index < -0.39 is 10.0 Å². The molecular weight excluding hydrogens is 354 g/mol. The molecular formula is C18H25N3O4S. The van der Waals surface area contributed by atoms with Gasteiger partial charge in [-0.3, -0.25) is 4.68 Å². The molecule has 3 rings (SSSR count). The predicted molar refractivity (Wildman–Crippen MR) is 97.9 cm³/mol. The zero-order valence-corrected chi connectivity index (χ0v) is 16.0. The molecule has 0 saturated carbocycles. The summed E-state index contributed by atoms with van der Waals surface area (Å²) < 4.78 is 40.1. The van der Waals surface area contributed by atoms with Crippen LogP contribution in [-0.2, 0) is 16.6 Å². The van der Waals surface area contributed by atoms with Gasteiger partial charge in [-0.2, -0.15) is 9.40 Å². The van der Waals surface area contributed by atoms with Gasteiger partial charge in [0, 0.05) is 31.7 Å². The van der Waals surface area contributed by atoms with Crippen molar-refractivity contribution in [3.63, 3.8) is 0 Å². The average molecular weight is 379 g/mol. The fourth-order valence-corrected chi connectivity index (χ4v) is 4.64. The van der Waals surface area contributed by atoms with E-state index in [0.717, 1.165) is 12.8 Å². The van der Waals surface area contributed by atoms with Crippen LogP contribution in [-0.4, -0.2) is 49.3 Å². The number of nitrogens with zero attached hydrogens (tertiary/aromatic N) is 3. The van der Waals surface area contributed by atoms with E-state index in [1.807, 2.05) is 31.2 Å². The van der Waals surface area contributed by atoms with E-state index in [2.05, 4.69) is 5.10 Å². The number of rotatable bonds is 7. The van der Waals surface area contributed by atoms with Gasteiger partial charge in [-0.05, 0) is 31.9 Å². The van der Waals surface area contributed by atoms with E-state index >= 15 is 0 Å². The SMILES string of the molecule is CCn1cc(S(=O)(=O)N2CCC[C@@H](COc3ccccc3OC)C2)cn1. The van der Waals surface area contributed by atoms with Crippen molar-refractivity contribution >= 4 is 10.0 Å². The highest BCUT2D eigenvalue weighted by atomic mass is 32.2. The van der Waals surface area contributed by atoms with Crippen molar-refractivity contribution in [1.82, 2.24) is 14.1 Å². The molecule has 0 bridgehead atoms. The first kappa shape index (κ1) is 18.7. The topological polar surface area (TPSA) is 73.7 Å². The van der Waals surface area contributed by atoms with Crippen LogP contribution in [0, 0.1) is 5.92 Å². The Bertz CT molecular complexity index is 834. The Morgan fingerprint density at radius 2 is 2.04 bits per heavy atom. The number of hydrogen-bond donors (Lipinski definition) is 0. The second kappa shape index (κ2) is 8.09. The molecule has 2 heterocycles. The second-order valence-electron chi connectivity index (χ2n) is 6.36. The van der Waals surface area contributed by atoms with E-state index in [9.17, 15) is 8.42 Å². The monoisotopic (exact) mass is 379 g/mol. The maximum atomic E-state index is 12.8. The van der Waals surface area contributed by atoms with Crippen LogP contribution in [0.25, 0.3) is 0 Å². The molecule has 1 saturated heterocycles. The number of hydrogen-bond acceptors (Lipinski definition) is 5. The summed E-state index contributed by atoms with van der Waals surface area (Å²) in [5.41, 5.74) is 0. The van der Waals surface area contributed by atoms with Gasteiger partial charge >= 0.3 is 0 Å². The molecule has 0 N–H and O–H groups in total. The second-order valence-corrected chi connectivity index (χ2v) is 8.30. The fourth-order valence-electron chi connectivity index (χ4n) is 3.13. The van der Waals surface area contributed by atoms with Gasteiger partial charge in [-0.1, -0.05) is 12.1 Å². The van der Waals surface area contributed by atoms with Gasteiger partial charge in [-0.25, -0.2) is 8.42 Å². The normalized spacial score (nSPS) is 18.6. The van der Waals surface area contributed by atoms with E-state index in [0.29, 0.717) is 37.7 Å². The van der Waals surface area contributed by atoms with Crippen molar-refractivity contribution in [2.45, 2.75) is 31.2 Å². The first-order valence-electron chi connectivity index (χ1n) is 8.83. The summed E-state index contributed by atoms with van der Waals surface area (Å²) in [6.07, 6.45) is 4.77. The number of aromatic nitrogens is 2. The van der Waals surface area contributed by atoms with E-state index in [1.54, 1.807) is 22.3 Å². The standard InChI is InChI=1S/C18H25N3O4S/c1-3-20-13-16(11-19-20)26(22,23)21-10-6-7-15(12-21)14-25-18-9-5-4-8-17(18)24-2/h4-5,8-9,11,13,15H,3,6-7,10,12,14H2,1-2H3/t15-/m1/s1. The molecule has 1 fully saturated rings. The molecule has 8 heteroatoms. The fraction of sp³-hybridized carbons (Fsp3) is 0.500. The molecule has 7 nitrogen and oxygen atoms in total. The molecule has 0 amide bonds. The number of aryl methyl sites for hydroxylation is 1. The van der Waals surface area contributed by atoms with Gasteiger partial charge in [0.05, 0.1) is 19.9 Å². The summed E-state index contributed by atoms with van der Waals surface area (Å²) >= 11 is 0. The van der Waals surface area contributed by atoms with E-state index in [4.69, 9.17) is 9.47 Å². The zero-order chi connectivity index (χ0) is 18.6. The first-order valence-corrected chi connectivity index (χ1v) is 10.3. The van der Waals surface area contributed by atoms with Crippen LogP contribution in [0.15, 0.2) is 41.6 Å². The minimum atomic E-state index is -3.51. The smallest absolute Gasteiger partial charge is 0.246 e. The molecule has 0 radical (unpaired) electrons. The third-order valence-electron chi connectivity index (χ3n) is 4.60. The highest BCUT2D eigenvalue weighted by molar-refractivity contribution is 7.89. The van der Waals surface area contributed by atoms with Gasteiger partial charge in [-0.15, -0.1) is 0 Å². The van der Waals surface area contributed by atoms with Crippen LogP contribution >= 0.6 is 0 Å². The van der Waals surface area contributed by atoms with E-state index in [1.165, 1.54) is 6.20 Å². The first-order chi connectivity index (χ1) is 12.5. The Morgan fingerprint density at radius 3 is 2.73 bits per heavy atom. The third kappa shape index (κ3) is 4.02. The van der Waals surface area contributed by atoms with Crippen LogP contribution in [0.1, 0.15) is 19.8 Å². The van der Waals surface area contributed by atoms with Gasteiger partial charge in [0.15, 0.2) is 11.5 Å². The molecule has 1 aromatic heterocycles. The van der Waals surface area contributed by atoms with Crippen molar-refractivity contribution in [2.75, 3.05) is 26.8 Å². The summed E-state index contributed by atoms with van der Waals surface area (Å²) in [4.78, 5) is 0.255. The van der Waals surface area contributed by atoms with Crippen molar-refractivity contribution in [3.05, 3.63) is 36.7 Å². The third-order valence-corrected chi connectivity index (χ3v) is 6.41. The van der Waals surface area contributed by atoms with Crippen molar-refractivity contribution in [1.29, 1.82) is 0 Å². The maximum Gasteiger partial charge on any atom is 0.246 e. The van der Waals surface area contributed by atoms with Crippen LogP contribution in [0.4, 0.5) is 0 Å². The summed E-state index contributed by atoms with van der Waals surface area (Å²) in [6.45, 7) is 4.01. The summed E-state index contributed by atoms with van der Waals surface area (Å²) in [5.74, 6) is 1.50. The lowest BCUT2D eigenvalue weighted by Crippen LogP contribution is -2.41. The number of benzene rings is 1. The van der Waals surface area contributed by atoms with E-state index in [-0.39, 0.29) is 10.8 Å². The molecule has 2 aromatic rings. The molecule has 0 unspecified atom stereocenters. The Balaban J connectivity index is 1.65. The number of piperidine rings is 1. The van der Waals surface area contributed by atoms with Gasteiger partial charge in [0.25, 0.3) is 0 Å². The Hall–Kier alpha value is -2.06. The van der Waals surface area contributed by atoms with Crippen molar-refractivity contribution in [2.24, 2.45) is 5.92 Å². The Kier molecular flexibility index (Phi) is 5.83. The molecule has 1 aliphatic heterocycles. The van der Waals surface area contributed by atoms with Crippen molar-refractivity contribution < 1.29 is 17.9 Å². The molecule has 1 aromatic carbocycles. The molecule has 142 valence electrons. The predicted octanol–water partition coefficient (Wildman–Crippen LogP) is 2.39. The lowest BCUT2D eigenvalue weighted by Gasteiger charge is -2.31. The number of ether oxygens (including phenoxy) is 2. The summed E-state index contributed by atoms with van der Waals surface area (Å²) in [5, 5.41) is 4.08. The van der Waals surface area contributed by atoms with Crippen LogP contribution in [0.3, 0.4) is 0 Å². The highest BCUT2D eigenvalue weighted by Gasteiger charge is 2.31. The Morgan fingerprint density at radius 1 is 1.27 bits per heavy atom. The summed E-state index contributed by atoms with van der Waals surface area (Å²) in [7, 11) is -1.91. The van der Waals surface area contributed by atoms with Gasteiger partial charge < -0.3 is 9.47 Å². The number of methoxy groups -OCH3 is 1. The number of para-hydroxylation sites is 2. The molecule has 1 aliphatic rings. The largest absolute Gasteiger partial charge is 0.493 e. The summed E-state index contributed by atoms with van der Waals surface area (Å²) in [6, 6.07) is 7.48. The molecule has 0 aliphatic carbocycles. The van der Waals surface area contributed by atoms with Gasteiger partial charge in [0.1, 0.15) is 4.90 Å². The van der Waals surface area contributed by atoms with Crippen LogP contribution < -0.4 is 9.47 Å². The minimum absolute atomic E-state index is 0.143. The lowest BCUT2D eigenvalue weighted by atomic mass is 10.0. The molecule has 26 heavy (non-hydrogen) atoms.